The fraction of sp³-hybridized carbons (Fsp3) is 0.579. The number of nitrogens with two attached hydrogens (primary N) is 1. The lowest BCUT2D eigenvalue weighted by atomic mass is 9.75. The van der Waals surface area contributed by atoms with E-state index in [4.69, 9.17) is 15.2 Å². The lowest BCUT2D eigenvalue weighted by molar-refractivity contribution is -0.159. The van der Waals surface area contributed by atoms with Crippen molar-refractivity contribution in [3.05, 3.63) is 29.8 Å². The minimum atomic E-state index is -0.552. The topological polar surface area (TPSA) is 78.6 Å². The molecule has 1 aliphatic rings. The predicted octanol–water partition coefficient (Wildman–Crippen LogP) is 3.43. The molecule has 0 aromatic heterocycles. The summed E-state index contributed by atoms with van der Waals surface area (Å²) in [4.78, 5) is 24.0. The summed E-state index contributed by atoms with van der Waals surface area (Å²) in [5.41, 5.74) is 6.51. The molecule has 132 valence electrons. The smallest absolute Gasteiger partial charge is 0.344 e. The maximum absolute atomic E-state index is 12.1. The number of hydrogen-bond donors (Lipinski definition) is 1. The van der Waals surface area contributed by atoms with Gasteiger partial charge in [-0.2, -0.15) is 0 Å². The fourth-order valence-electron chi connectivity index (χ4n) is 3.28. The zero-order valence-electron chi connectivity index (χ0n) is 14.7. The minimum Gasteiger partial charge on any atom is -0.460 e. The molecule has 0 bridgehead atoms. The van der Waals surface area contributed by atoms with Crippen LogP contribution < -0.4 is 5.73 Å². The summed E-state index contributed by atoms with van der Waals surface area (Å²) in [6.45, 7) is 6.13. The van der Waals surface area contributed by atoms with E-state index >= 15 is 0 Å². The van der Waals surface area contributed by atoms with E-state index in [1.807, 2.05) is 0 Å². The molecular formula is C19H27NO4. The normalized spacial score (nSPS) is 23.8. The Bertz CT molecular complexity index is 567. The first-order valence-electron chi connectivity index (χ1n) is 8.59. The molecule has 0 saturated heterocycles. The summed E-state index contributed by atoms with van der Waals surface area (Å²) in [5.74, 6) is 0.355. The van der Waals surface area contributed by atoms with E-state index in [1.165, 1.54) is 6.42 Å². The van der Waals surface area contributed by atoms with Crippen molar-refractivity contribution in [2.45, 2.75) is 46.1 Å². The number of benzene rings is 1. The molecule has 2 rings (SSSR count). The van der Waals surface area contributed by atoms with Crippen molar-refractivity contribution in [2.75, 3.05) is 12.3 Å². The van der Waals surface area contributed by atoms with E-state index in [1.54, 1.807) is 24.3 Å². The number of esters is 2. The summed E-state index contributed by atoms with van der Waals surface area (Å²) in [7, 11) is 0. The van der Waals surface area contributed by atoms with Crippen LogP contribution in [0.4, 0.5) is 5.69 Å². The average molecular weight is 333 g/mol. The third-order valence-electron chi connectivity index (χ3n) is 4.71. The number of carbonyl (C=O) groups is 2. The second kappa shape index (κ2) is 8.18. The molecule has 0 heterocycles. The van der Waals surface area contributed by atoms with Crippen molar-refractivity contribution in [3.8, 4) is 0 Å². The first-order valence-corrected chi connectivity index (χ1v) is 8.59. The van der Waals surface area contributed by atoms with Gasteiger partial charge >= 0.3 is 11.9 Å². The van der Waals surface area contributed by atoms with E-state index in [2.05, 4.69) is 20.8 Å². The third kappa shape index (κ3) is 4.98. The van der Waals surface area contributed by atoms with Gasteiger partial charge in [-0.1, -0.05) is 27.2 Å². The Kier molecular flexibility index (Phi) is 6.23. The molecule has 0 unspecified atom stereocenters. The maximum atomic E-state index is 12.1. The summed E-state index contributed by atoms with van der Waals surface area (Å²) in [6.07, 6.45) is 3.03. The van der Waals surface area contributed by atoms with E-state index in [0.29, 0.717) is 29.0 Å². The fourth-order valence-corrected chi connectivity index (χ4v) is 3.28. The first-order chi connectivity index (χ1) is 11.4. The average Bonchev–Trinajstić information content (AvgIpc) is 2.53. The van der Waals surface area contributed by atoms with Gasteiger partial charge < -0.3 is 15.2 Å². The molecule has 5 heteroatoms. The highest BCUT2D eigenvalue weighted by Gasteiger charge is 2.33. The van der Waals surface area contributed by atoms with Gasteiger partial charge in [-0.05, 0) is 54.9 Å². The van der Waals surface area contributed by atoms with Crippen LogP contribution >= 0.6 is 0 Å². The van der Waals surface area contributed by atoms with Gasteiger partial charge in [0, 0.05) is 5.69 Å². The molecule has 24 heavy (non-hydrogen) atoms. The van der Waals surface area contributed by atoms with Crippen molar-refractivity contribution in [3.63, 3.8) is 0 Å². The van der Waals surface area contributed by atoms with Crippen molar-refractivity contribution in [1.29, 1.82) is 0 Å². The molecule has 3 atom stereocenters. The van der Waals surface area contributed by atoms with Crippen LogP contribution in [0.25, 0.3) is 0 Å². The largest absolute Gasteiger partial charge is 0.460 e. The summed E-state index contributed by atoms with van der Waals surface area (Å²) in [5, 5.41) is 0. The standard InChI is InChI=1S/C19H27NO4/c1-12(2)16-9-4-13(3)10-17(16)24-18(21)11-23-19(22)14-5-7-15(20)8-6-14/h5-8,12-13,16-17H,4,9-11,20H2,1-3H3/t13-,16-,17-/m1/s1. The molecule has 1 saturated carbocycles. The Hall–Kier alpha value is -2.04. The predicted molar refractivity (Wildman–Crippen MR) is 92.4 cm³/mol. The summed E-state index contributed by atoms with van der Waals surface area (Å²) >= 11 is 0. The zero-order valence-corrected chi connectivity index (χ0v) is 14.7. The van der Waals surface area contributed by atoms with Gasteiger partial charge in [-0.15, -0.1) is 0 Å². The first kappa shape index (κ1) is 18.3. The number of ether oxygens (including phenoxy) is 2. The Balaban J connectivity index is 1.85. The van der Waals surface area contributed by atoms with Gasteiger partial charge in [0.25, 0.3) is 0 Å². The highest BCUT2D eigenvalue weighted by molar-refractivity contribution is 5.91. The lowest BCUT2D eigenvalue weighted by Gasteiger charge is -2.36. The molecular weight excluding hydrogens is 306 g/mol. The highest BCUT2D eigenvalue weighted by Crippen LogP contribution is 2.35. The van der Waals surface area contributed by atoms with Crippen LogP contribution in [0.15, 0.2) is 24.3 Å². The number of hydrogen-bond acceptors (Lipinski definition) is 5. The van der Waals surface area contributed by atoms with Gasteiger partial charge in [-0.3, -0.25) is 0 Å². The SMILES string of the molecule is CC(C)[C@H]1CC[C@@H](C)C[C@H]1OC(=O)COC(=O)c1ccc(N)cc1. The molecule has 0 spiro atoms. The van der Waals surface area contributed by atoms with Crippen LogP contribution in [0.5, 0.6) is 0 Å². The van der Waals surface area contributed by atoms with Crippen LogP contribution in [0.1, 0.15) is 50.4 Å². The third-order valence-corrected chi connectivity index (χ3v) is 4.71. The molecule has 1 aromatic rings. The lowest BCUT2D eigenvalue weighted by Crippen LogP contribution is -2.36. The number of rotatable bonds is 5. The van der Waals surface area contributed by atoms with E-state index in [9.17, 15) is 9.59 Å². The molecule has 1 fully saturated rings. The van der Waals surface area contributed by atoms with Crippen LogP contribution in [0.3, 0.4) is 0 Å². The molecule has 2 N–H and O–H groups in total. The van der Waals surface area contributed by atoms with Gasteiger partial charge in [-0.25, -0.2) is 9.59 Å². The molecule has 0 amide bonds. The van der Waals surface area contributed by atoms with Gasteiger partial charge in [0.15, 0.2) is 6.61 Å². The second-order valence-corrected chi connectivity index (χ2v) is 7.05. The van der Waals surface area contributed by atoms with E-state index < -0.39 is 11.9 Å². The van der Waals surface area contributed by atoms with Crippen LogP contribution in [0.2, 0.25) is 0 Å². The monoisotopic (exact) mass is 333 g/mol. The van der Waals surface area contributed by atoms with Crippen molar-refractivity contribution < 1.29 is 19.1 Å². The van der Waals surface area contributed by atoms with Gasteiger partial charge in [0.1, 0.15) is 6.10 Å². The van der Waals surface area contributed by atoms with Gasteiger partial charge in [0.2, 0.25) is 0 Å². The Labute approximate surface area is 143 Å². The molecule has 5 nitrogen and oxygen atoms in total. The Morgan fingerprint density at radius 2 is 1.88 bits per heavy atom. The highest BCUT2D eigenvalue weighted by atomic mass is 16.6. The molecule has 1 aliphatic carbocycles. The Morgan fingerprint density at radius 1 is 1.21 bits per heavy atom. The number of carbonyl (C=O) groups excluding carboxylic acids is 2. The van der Waals surface area contributed by atoms with Crippen LogP contribution in [-0.2, 0) is 14.3 Å². The van der Waals surface area contributed by atoms with E-state index in [0.717, 1.165) is 12.8 Å². The number of anilines is 1. The summed E-state index contributed by atoms with van der Waals surface area (Å²) in [6, 6.07) is 6.37. The van der Waals surface area contributed by atoms with Crippen LogP contribution in [-0.4, -0.2) is 24.6 Å². The second-order valence-electron chi connectivity index (χ2n) is 7.05. The molecule has 1 aromatic carbocycles. The van der Waals surface area contributed by atoms with Crippen molar-refractivity contribution in [1.82, 2.24) is 0 Å². The molecule has 0 radical (unpaired) electrons. The summed E-state index contributed by atoms with van der Waals surface area (Å²) < 4.78 is 10.6. The van der Waals surface area contributed by atoms with Crippen molar-refractivity contribution >= 4 is 17.6 Å². The van der Waals surface area contributed by atoms with Crippen molar-refractivity contribution in [2.24, 2.45) is 17.8 Å². The zero-order chi connectivity index (χ0) is 17.7. The maximum Gasteiger partial charge on any atom is 0.344 e. The van der Waals surface area contributed by atoms with Gasteiger partial charge in [0.05, 0.1) is 5.56 Å². The molecule has 0 aliphatic heterocycles. The van der Waals surface area contributed by atoms with Crippen LogP contribution in [0, 0.1) is 17.8 Å². The van der Waals surface area contributed by atoms with E-state index in [-0.39, 0.29) is 12.7 Å². The Morgan fingerprint density at radius 3 is 2.50 bits per heavy atom. The minimum absolute atomic E-state index is 0.0866. The number of nitrogen functional groups attached to an aromatic ring is 1. The quantitative estimate of drug-likeness (QED) is 0.660.